The molecule has 0 bridgehead atoms. The molecule has 3 heterocycles. The van der Waals surface area contributed by atoms with Crippen molar-refractivity contribution in [1.29, 1.82) is 0 Å². The van der Waals surface area contributed by atoms with E-state index in [-0.39, 0.29) is 18.6 Å². The van der Waals surface area contributed by atoms with Crippen molar-refractivity contribution in [1.82, 2.24) is 9.88 Å². The van der Waals surface area contributed by atoms with Crippen LogP contribution in [0.2, 0.25) is 0 Å². The Bertz CT molecular complexity index is 446. The van der Waals surface area contributed by atoms with Crippen LogP contribution in [0.15, 0.2) is 11.6 Å². The lowest BCUT2D eigenvalue weighted by atomic mass is 9.99. The largest absolute Gasteiger partial charge is 0.376 e. The fraction of sp³-hybridized carbons (Fsp3) is 0.733. The fourth-order valence-electron chi connectivity index (χ4n) is 2.99. The van der Waals surface area contributed by atoms with Crippen LogP contribution in [0.3, 0.4) is 0 Å². The molecule has 21 heavy (non-hydrogen) atoms. The summed E-state index contributed by atoms with van der Waals surface area (Å²) in [6.45, 7) is 3.14. The van der Waals surface area contributed by atoms with E-state index in [2.05, 4.69) is 4.98 Å². The van der Waals surface area contributed by atoms with E-state index in [9.17, 15) is 4.79 Å². The van der Waals surface area contributed by atoms with Gasteiger partial charge in [-0.3, -0.25) is 4.79 Å². The molecule has 1 aromatic rings. The van der Waals surface area contributed by atoms with Gasteiger partial charge in [-0.15, -0.1) is 11.3 Å². The molecule has 3 rings (SSSR count). The predicted octanol–water partition coefficient (Wildman–Crippen LogP) is 2.04. The zero-order valence-electron chi connectivity index (χ0n) is 12.2. The summed E-state index contributed by atoms with van der Waals surface area (Å²) in [5.41, 5.74) is 0. The van der Waals surface area contributed by atoms with Crippen molar-refractivity contribution in [2.45, 2.75) is 37.7 Å². The molecule has 6 heteroatoms. The fourth-order valence-corrected chi connectivity index (χ4v) is 3.75. The molecule has 116 valence electrons. The second-order valence-electron chi connectivity index (χ2n) is 5.70. The molecule has 2 aliphatic rings. The number of aromatic nitrogens is 1. The van der Waals surface area contributed by atoms with Crippen LogP contribution in [0.5, 0.6) is 0 Å². The highest BCUT2D eigenvalue weighted by atomic mass is 32.1. The standard InChI is InChI=1S/C15H22N2O3S/c18-14(11-19-10-13-4-2-7-20-13)17-6-1-3-12(9-17)15-16-5-8-21-15/h5,8,12-13H,1-4,6-7,9-11H2/t12-,13-/m1/s1. The predicted molar refractivity (Wildman–Crippen MR) is 80.5 cm³/mol. The minimum Gasteiger partial charge on any atom is -0.376 e. The average Bonchev–Trinajstić information content (AvgIpc) is 3.21. The molecule has 2 atom stereocenters. The van der Waals surface area contributed by atoms with Gasteiger partial charge in [0.1, 0.15) is 6.61 Å². The first-order valence-electron chi connectivity index (χ1n) is 7.69. The number of rotatable bonds is 5. The first kappa shape index (κ1) is 14.9. The number of ether oxygens (including phenoxy) is 2. The van der Waals surface area contributed by atoms with E-state index in [0.29, 0.717) is 12.5 Å². The molecular weight excluding hydrogens is 288 g/mol. The highest BCUT2D eigenvalue weighted by molar-refractivity contribution is 7.09. The lowest BCUT2D eigenvalue weighted by Gasteiger charge is -2.31. The highest BCUT2D eigenvalue weighted by Gasteiger charge is 2.26. The zero-order chi connectivity index (χ0) is 14.5. The molecule has 1 amide bonds. The maximum atomic E-state index is 12.2. The van der Waals surface area contributed by atoms with Crippen LogP contribution >= 0.6 is 11.3 Å². The number of carbonyl (C=O) groups is 1. The molecule has 0 saturated carbocycles. The Kier molecular flexibility index (Phi) is 5.22. The van der Waals surface area contributed by atoms with E-state index in [1.807, 2.05) is 16.5 Å². The van der Waals surface area contributed by atoms with Crippen LogP contribution in [0.1, 0.15) is 36.6 Å². The molecule has 2 saturated heterocycles. The van der Waals surface area contributed by atoms with Gasteiger partial charge < -0.3 is 14.4 Å². The van der Waals surface area contributed by atoms with Crippen molar-refractivity contribution in [3.05, 3.63) is 16.6 Å². The second kappa shape index (κ2) is 7.33. The number of amides is 1. The molecule has 2 fully saturated rings. The molecule has 1 aromatic heterocycles. The van der Waals surface area contributed by atoms with Crippen LogP contribution in [-0.4, -0.2) is 54.8 Å². The second-order valence-corrected chi connectivity index (χ2v) is 6.63. The Balaban J connectivity index is 1.43. The van der Waals surface area contributed by atoms with Crippen molar-refractivity contribution < 1.29 is 14.3 Å². The molecule has 0 unspecified atom stereocenters. The summed E-state index contributed by atoms with van der Waals surface area (Å²) in [4.78, 5) is 18.5. The number of carbonyl (C=O) groups excluding carboxylic acids is 1. The lowest BCUT2D eigenvalue weighted by Crippen LogP contribution is -2.41. The number of hydrogen-bond acceptors (Lipinski definition) is 5. The van der Waals surface area contributed by atoms with Crippen LogP contribution < -0.4 is 0 Å². The van der Waals surface area contributed by atoms with Crippen molar-refractivity contribution in [2.75, 3.05) is 32.9 Å². The highest BCUT2D eigenvalue weighted by Crippen LogP contribution is 2.28. The van der Waals surface area contributed by atoms with Gasteiger partial charge in [0.25, 0.3) is 0 Å². The molecule has 0 aromatic carbocycles. The van der Waals surface area contributed by atoms with Gasteiger partial charge >= 0.3 is 0 Å². The van der Waals surface area contributed by atoms with E-state index in [1.165, 1.54) is 0 Å². The topological polar surface area (TPSA) is 51.7 Å². The smallest absolute Gasteiger partial charge is 0.248 e. The Morgan fingerprint density at radius 3 is 3.19 bits per heavy atom. The minimum atomic E-state index is 0.0919. The Morgan fingerprint density at radius 1 is 1.48 bits per heavy atom. The van der Waals surface area contributed by atoms with E-state index < -0.39 is 0 Å². The number of piperidine rings is 1. The van der Waals surface area contributed by atoms with Crippen LogP contribution in [0.4, 0.5) is 0 Å². The molecule has 5 nitrogen and oxygen atoms in total. The van der Waals surface area contributed by atoms with Crippen molar-refractivity contribution in [3.63, 3.8) is 0 Å². The summed E-state index contributed by atoms with van der Waals surface area (Å²) in [5, 5.41) is 3.15. The van der Waals surface area contributed by atoms with Gasteiger partial charge in [0.2, 0.25) is 5.91 Å². The Hall–Kier alpha value is -0.980. The Morgan fingerprint density at radius 2 is 2.43 bits per heavy atom. The summed E-state index contributed by atoms with van der Waals surface area (Å²) >= 11 is 1.68. The van der Waals surface area contributed by atoms with Crippen LogP contribution in [-0.2, 0) is 14.3 Å². The maximum Gasteiger partial charge on any atom is 0.248 e. The van der Waals surface area contributed by atoms with E-state index in [1.54, 1.807) is 11.3 Å². The van der Waals surface area contributed by atoms with Gasteiger partial charge in [-0.2, -0.15) is 0 Å². The monoisotopic (exact) mass is 310 g/mol. The number of hydrogen-bond donors (Lipinski definition) is 0. The summed E-state index contributed by atoms with van der Waals surface area (Å²) in [7, 11) is 0. The summed E-state index contributed by atoms with van der Waals surface area (Å²) < 4.78 is 11.0. The first-order valence-corrected chi connectivity index (χ1v) is 8.57. The number of thiazole rings is 1. The third-order valence-electron chi connectivity index (χ3n) is 4.13. The maximum absolute atomic E-state index is 12.2. The van der Waals surface area contributed by atoms with Crippen molar-refractivity contribution in [2.24, 2.45) is 0 Å². The van der Waals surface area contributed by atoms with Crippen LogP contribution in [0.25, 0.3) is 0 Å². The molecule has 0 spiro atoms. The van der Waals surface area contributed by atoms with Gasteiger partial charge in [-0.25, -0.2) is 4.98 Å². The molecule has 2 aliphatic heterocycles. The Labute approximate surface area is 129 Å². The first-order chi connectivity index (χ1) is 10.3. The lowest BCUT2D eigenvalue weighted by molar-refractivity contribution is -0.138. The van der Waals surface area contributed by atoms with Gasteiger partial charge in [0.05, 0.1) is 17.7 Å². The van der Waals surface area contributed by atoms with Crippen molar-refractivity contribution >= 4 is 17.2 Å². The summed E-state index contributed by atoms with van der Waals surface area (Å²) in [6.07, 6.45) is 6.33. The molecule has 0 N–H and O–H groups in total. The quantitative estimate of drug-likeness (QED) is 0.835. The van der Waals surface area contributed by atoms with E-state index in [0.717, 1.165) is 50.4 Å². The summed E-state index contributed by atoms with van der Waals surface area (Å²) in [6, 6.07) is 0. The molecular formula is C15H22N2O3S. The summed E-state index contributed by atoms with van der Waals surface area (Å²) in [5.74, 6) is 0.482. The normalized spacial score (nSPS) is 26.2. The van der Waals surface area contributed by atoms with E-state index >= 15 is 0 Å². The van der Waals surface area contributed by atoms with Crippen molar-refractivity contribution in [3.8, 4) is 0 Å². The van der Waals surface area contributed by atoms with E-state index in [4.69, 9.17) is 9.47 Å². The van der Waals surface area contributed by atoms with Gasteiger partial charge in [-0.05, 0) is 25.7 Å². The third kappa shape index (κ3) is 4.02. The van der Waals surface area contributed by atoms with Crippen LogP contribution in [0, 0.1) is 0 Å². The number of nitrogens with zero attached hydrogens (tertiary/aromatic N) is 2. The third-order valence-corrected chi connectivity index (χ3v) is 5.07. The number of likely N-dealkylation sites (tertiary alicyclic amines) is 1. The minimum absolute atomic E-state index is 0.0919. The zero-order valence-corrected chi connectivity index (χ0v) is 13.0. The molecule has 0 radical (unpaired) electrons. The average molecular weight is 310 g/mol. The SMILES string of the molecule is O=C(COC[C@H]1CCCO1)N1CCC[C@@H](c2nccs2)C1. The molecule has 0 aliphatic carbocycles. The van der Waals surface area contributed by atoms with Gasteiger partial charge in [-0.1, -0.05) is 0 Å². The van der Waals surface area contributed by atoms with Gasteiger partial charge in [0, 0.05) is 37.2 Å². The van der Waals surface area contributed by atoms with Gasteiger partial charge in [0.15, 0.2) is 0 Å².